The summed E-state index contributed by atoms with van der Waals surface area (Å²) in [4.78, 5) is 13.6. The Hall–Kier alpha value is -1.83. The van der Waals surface area contributed by atoms with Crippen molar-refractivity contribution in [2.45, 2.75) is 13.3 Å². The van der Waals surface area contributed by atoms with Crippen molar-refractivity contribution in [2.24, 2.45) is 4.99 Å². The quantitative estimate of drug-likeness (QED) is 0.429. The van der Waals surface area contributed by atoms with Crippen LogP contribution in [0, 0.1) is 6.92 Å². The summed E-state index contributed by atoms with van der Waals surface area (Å²) >= 11 is 0. The van der Waals surface area contributed by atoms with E-state index in [9.17, 15) is 0 Å². The van der Waals surface area contributed by atoms with E-state index in [1.165, 1.54) is 11.3 Å². The highest BCUT2D eigenvalue weighted by Crippen LogP contribution is 2.15. The molecule has 2 heterocycles. The van der Waals surface area contributed by atoms with Gasteiger partial charge < -0.3 is 15.1 Å². The first-order chi connectivity index (χ1) is 12.3. The van der Waals surface area contributed by atoms with Crippen molar-refractivity contribution in [1.82, 2.24) is 15.2 Å². The third-order valence-corrected chi connectivity index (χ3v) is 4.58. The maximum atomic E-state index is 4.45. The van der Waals surface area contributed by atoms with E-state index in [1.807, 2.05) is 20.2 Å². The highest BCUT2D eigenvalue weighted by atomic mass is 127. The van der Waals surface area contributed by atoms with Crippen LogP contribution in [0.15, 0.2) is 53.7 Å². The van der Waals surface area contributed by atoms with Crippen molar-refractivity contribution in [3.8, 4) is 0 Å². The third kappa shape index (κ3) is 5.59. The normalized spacial score (nSPS) is 14.8. The van der Waals surface area contributed by atoms with Gasteiger partial charge in [0, 0.05) is 57.3 Å². The predicted molar refractivity (Wildman–Crippen MR) is 120 cm³/mol. The molecule has 3 rings (SSSR count). The lowest BCUT2D eigenvalue weighted by Gasteiger charge is -2.37. The van der Waals surface area contributed by atoms with Gasteiger partial charge in [-0.3, -0.25) is 9.98 Å². The lowest BCUT2D eigenvalue weighted by molar-refractivity contribution is 0.373. The van der Waals surface area contributed by atoms with E-state index in [1.54, 1.807) is 0 Å². The number of piperazine rings is 1. The van der Waals surface area contributed by atoms with Crippen LogP contribution in [0.2, 0.25) is 0 Å². The maximum Gasteiger partial charge on any atom is 0.193 e. The minimum absolute atomic E-state index is 0. The Balaban J connectivity index is 0.00000243. The molecule has 2 aromatic rings. The first-order valence-electron chi connectivity index (χ1n) is 8.93. The Morgan fingerprint density at radius 3 is 2.42 bits per heavy atom. The molecule has 0 radical (unpaired) electrons. The van der Waals surface area contributed by atoms with Crippen LogP contribution < -0.4 is 10.2 Å². The molecule has 5 nitrogen and oxygen atoms in total. The number of halogens is 1. The Morgan fingerprint density at radius 1 is 1.08 bits per heavy atom. The van der Waals surface area contributed by atoms with E-state index in [0.717, 1.165) is 50.8 Å². The highest BCUT2D eigenvalue weighted by Gasteiger charge is 2.19. The topological polar surface area (TPSA) is 43.8 Å². The summed E-state index contributed by atoms with van der Waals surface area (Å²) < 4.78 is 0. The summed E-state index contributed by atoms with van der Waals surface area (Å²) in [5.74, 6) is 0.993. The van der Waals surface area contributed by atoms with Crippen molar-refractivity contribution < 1.29 is 0 Å². The summed E-state index contributed by atoms with van der Waals surface area (Å²) in [5.41, 5.74) is 3.61. The smallest absolute Gasteiger partial charge is 0.193 e. The SMILES string of the molecule is CN=C(NCCc1ccc(C)nc1)N1CCN(c2ccccc2)CC1.I. The van der Waals surface area contributed by atoms with Gasteiger partial charge in [-0.2, -0.15) is 0 Å². The monoisotopic (exact) mass is 465 g/mol. The van der Waals surface area contributed by atoms with E-state index < -0.39 is 0 Å². The van der Waals surface area contributed by atoms with Gasteiger partial charge in [-0.05, 0) is 37.1 Å². The van der Waals surface area contributed by atoms with Crippen LogP contribution >= 0.6 is 24.0 Å². The van der Waals surface area contributed by atoms with E-state index in [-0.39, 0.29) is 24.0 Å². The molecule has 1 aliphatic heterocycles. The number of hydrogen-bond donors (Lipinski definition) is 1. The third-order valence-electron chi connectivity index (χ3n) is 4.58. The second-order valence-corrected chi connectivity index (χ2v) is 6.34. The number of anilines is 1. The largest absolute Gasteiger partial charge is 0.368 e. The minimum Gasteiger partial charge on any atom is -0.368 e. The van der Waals surface area contributed by atoms with Crippen LogP contribution in [0.5, 0.6) is 0 Å². The molecule has 0 bridgehead atoms. The number of benzene rings is 1. The van der Waals surface area contributed by atoms with E-state index in [2.05, 4.69) is 67.6 Å². The number of nitrogens with zero attached hydrogens (tertiary/aromatic N) is 4. The molecule has 0 unspecified atom stereocenters. The molecule has 6 heteroatoms. The lowest BCUT2D eigenvalue weighted by atomic mass is 10.2. The number of guanidine groups is 1. The molecular weight excluding hydrogens is 437 g/mol. The predicted octanol–water partition coefficient (Wildman–Crippen LogP) is 2.95. The van der Waals surface area contributed by atoms with E-state index >= 15 is 0 Å². The fraction of sp³-hybridized carbons (Fsp3) is 0.400. The number of aryl methyl sites for hydroxylation is 1. The Bertz CT molecular complexity index is 679. The fourth-order valence-corrected chi connectivity index (χ4v) is 3.11. The van der Waals surface area contributed by atoms with Gasteiger partial charge in [-0.15, -0.1) is 24.0 Å². The molecule has 0 atom stereocenters. The first kappa shape index (κ1) is 20.5. The molecule has 1 fully saturated rings. The molecule has 1 aromatic heterocycles. The summed E-state index contributed by atoms with van der Waals surface area (Å²) in [7, 11) is 1.86. The average molecular weight is 465 g/mol. The van der Waals surface area contributed by atoms with Gasteiger partial charge in [-0.1, -0.05) is 24.3 Å². The van der Waals surface area contributed by atoms with E-state index in [4.69, 9.17) is 0 Å². The molecule has 1 aliphatic rings. The first-order valence-corrected chi connectivity index (χ1v) is 8.93. The number of rotatable bonds is 4. The van der Waals surface area contributed by atoms with Crippen LogP contribution in [-0.2, 0) is 6.42 Å². The van der Waals surface area contributed by atoms with Crippen molar-refractivity contribution in [3.63, 3.8) is 0 Å². The van der Waals surface area contributed by atoms with Crippen LogP contribution in [0.4, 0.5) is 5.69 Å². The number of para-hydroxylation sites is 1. The van der Waals surface area contributed by atoms with Crippen LogP contribution in [0.25, 0.3) is 0 Å². The maximum absolute atomic E-state index is 4.45. The van der Waals surface area contributed by atoms with Gasteiger partial charge in [0.1, 0.15) is 0 Å². The summed E-state index contributed by atoms with van der Waals surface area (Å²) in [5, 5.41) is 3.49. The van der Waals surface area contributed by atoms with Gasteiger partial charge >= 0.3 is 0 Å². The molecular formula is C20H28IN5. The second kappa shape index (κ2) is 10.4. The lowest BCUT2D eigenvalue weighted by Crippen LogP contribution is -2.52. The summed E-state index contributed by atoms with van der Waals surface area (Å²) in [6, 6.07) is 14.8. The van der Waals surface area contributed by atoms with Gasteiger partial charge in [0.05, 0.1) is 0 Å². The van der Waals surface area contributed by atoms with Gasteiger partial charge in [0.25, 0.3) is 0 Å². The van der Waals surface area contributed by atoms with Crippen LogP contribution in [-0.4, -0.2) is 55.6 Å². The van der Waals surface area contributed by atoms with Crippen LogP contribution in [0.3, 0.4) is 0 Å². The van der Waals surface area contributed by atoms with E-state index in [0.29, 0.717) is 0 Å². The van der Waals surface area contributed by atoms with Crippen LogP contribution in [0.1, 0.15) is 11.3 Å². The number of aliphatic imine (C=N–C) groups is 1. The van der Waals surface area contributed by atoms with Gasteiger partial charge in [-0.25, -0.2) is 0 Å². The minimum atomic E-state index is 0. The van der Waals surface area contributed by atoms with Crippen molar-refractivity contribution in [1.29, 1.82) is 0 Å². The molecule has 0 amide bonds. The van der Waals surface area contributed by atoms with Crippen molar-refractivity contribution in [2.75, 3.05) is 44.7 Å². The molecule has 0 aliphatic carbocycles. The number of aromatic nitrogens is 1. The Labute approximate surface area is 173 Å². The second-order valence-electron chi connectivity index (χ2n) is 6.34. The number of pyridine rings is 1. The Kier molecular flexibility index (Phi) is 8.15. The molecule has 0 saturated carbocycles. The fourth-order valence-electron chi connectivity index (χ4n) is 3.11. The molecule has 1 N–H and O–H groups in total. The van der Waals surface area contributed by atoms with Crippen molar-refractivity contribution >= 4 is 35.6 Å². The average Bonchev–Trinajstić information content (AvgIpc) is 2.68. The standard InChI is InChI=1S/C20H27N5.HI/c1-17-8-9-18(16-23-17)10-11-22-20(21-2)25-14-12-24(13-15-25)19-6-4-3-5-7-19;/h3-9,16H,10-15H2,1-2H3,(H,21,22);1H. The van der Waals surface area contributed by atoms with Gasteiger partial charge in [0.15, 0.2) is 5.96 Å². The zero-order valence-corrected chi connectivity index (χ0v) is 17.9. The molecule has 140 valence electrons. The number of nitrogens with one attached hydrogen (secondary N) is 1. The molecule has 1 saturated heterocycles. The molecule has 0 spiro atoms. The zero-order chi connectivity index (χ0) is 17.5. The number of hydrogen-bond acceptors (Lipinski definition) is 3. The highest BCUT2D eigenvalue weighted by molar-refractivity contribution is 14.0. The van der Waals surface area contributed by atoms with Gasteiger partial charge in [0.2, 0.25) is 0 Å². The zero-order valence-electron chi connectivity index (χ0n) is 15.6. The molecule has 1 aromatic carbocycles. The summed E-state index contributed by atoms with van der Waals surface area (Å²) in [6.45, 7) is 6.90. The summed E-state index contributed by atoms with van der Waals surface area (Å²) in [6.07, 6.45) is 2.91. The van der Waals surface area contributed by atoms with Crippen molar-refractivity contribution in [3.05, 3.63) is 59.9 Å². The molecule has 26 heavy (non-hydrogen) atoms. The Morgan fingerprint density at radius 2 is 1.81 bits per heavy atom.